The van der Waals surface area contributed by atoms with Crippen LogP contribution in [-0.2, 0) is 20.7 Å². The van der Waals surface area contributed by atoms with Gasteiger partial charge in [-0.15, -0.1) is 0 Å². The molecule has 1 amide bonds. The molecule has 0 aliphatic rings. The molecule has 0 aliphatic heterocycles. The van der Waals surface area contributed by atoms with E-state index in [4.69, 9.17) is 21.9 Å². The van der Waals surface area contributed by atoms with Crippen LogP contribution in [0.15, 0.2) is 29.3 Å². The van der Waals surface area contributed by atoms with E-state index >= 15 is 0 Å². The standard InChI is InChI=1S/C17H27N5O4/c1-2-26-16(25)14(4-3-9-21-17(19)20)22-15(24)13(18)10-11-5-7-12(23)8-6-11/h5-8,13-14,23H,2-4,9-10,18H2,1H3,(H,22,24)(H4,19,20,21)/t13-,14+/m0/s1. The number of nitrogens with one attached hydrogen (secondary N) is 1. The fourth-order valence-corrected chi connectivity index (χ4v) is 2.25. The monoisotopic (exact) mass is 365 g/mol. The summed E-state index contributed by atoms with van der Waals surface area (Å²) in [6, 6.07) is 4.74. The van der Waals surface area contributed by atoms with Crippen LogP contribution in [-0.4, -0.2) is 48.2 Å². The summed E-state index contributed by atoms with van der Waals surface area (Å²) in [7, 11) is 0. The van der Waals surface area contributed by atoms with Gasteiger partial charge in [0.15, 0.2) is 5.96 Å². The first-order chi connectivity index (χ1) is 12.3. The van der Waals surface area contributed by atoms with Crippen molar-refractivity contribution in [2.24, 2.45) is 22.2 Å². The van der Waals surface area contributed by atoms with E-state index in [1.165, 1.54) is 12.1 Å². The van der Waals surface area contributed by atoms with Crippen molar-refractivity contribution in [3.63, 3.8) is 0 Å². The molecule has 9 heteroatoms. The van der Waals surface area contributed by atoms with Gasteiger partial charge in [-0.3, -0.25) is 9.79 Å². The highest BCUT2D eigenvalue weighted by atomic mass is 16.5. The minimum atomic E-state index is -0.839. The first-order valence-corrected chi connectivity index (χ1v) is 8.39. The zero-order chi connectivity index (χ0) is 19.5. The minimum absolute atomic E-state index is 0.0300. The lowest BCUT2D eigenvalue weighted by Crippen LogP contribution is -2.49. The van der Waals surface area contributed by atoms with E-state index < -0.39 is 24.0 Å². The van der Waals surface area contributed by atoms with Crippen molar-refractivity contribution in [2.45, 2.75) is 38.3 Å². The number of ether oxygens (including phenoxy) is 1. The number of nitrogens with two attached hydrogens (primary N) is 3. The zero-order valence-corrected chi connectivity index (χ0v) is 14.9. The highest BCUT2D eigenvalue weighted by Crippen LogP contribution is 2.11. The Morgan fingerprint density at radius 2 is 1.92 bits per heavy atom. The quantitative estimate of drug-likeness (QED) is 0.159. The first kappa shape index (κ1) is 21.2. The van der Waals surface area contributed by atoms with Gasteiger partial charge in [-0.25, -0.2) is 4.79 Å². The molecular formula is C17H27N5O4. The SMILES string of the molecule is CCOC(=O)[C@@H](CCCN=C(N)N)NC(=O)[C@@H](N)Cc1ccc(O)cc1. The fourth-order valence-electron chi connectivity index (χ4n) is 2.25. The Morgan fingerprint density at radius 3 is 2.50 bits per heavy atom. The maximum atomic E-state index is 12.3. The maximum Gasteiger partial charge on any atom is 0.328 e. The largest absolute Gasteiger partial charge is 0.508 e. The van der Waals surface area contributed by atoms with E-state index in [-0.39, 0.29) is 24.7 Å². The number of carbonyl (C=O) groups is 2. The Bertz CT molecular complexity index is 614. The molecule has 0 aromatic heterocycles. The van der Waals surface area contributed by atoms with Crippen molar-refractivity contribution < 1.29 is 19.4 Å². The predicted molar refractivity (Wildman–Crippen MR) is 98.3 cm³/mol. The number of hydrogen-bond donors (Lipinski definition) is 5. The molecule has 2 atom stereocenters. The lowest BCUT2D eigenvalue weighted by molar-refractivity contribution is -0.147. The Balaban J connectivity index is 2.62. The van der Waals surface area contributed by atoms with Crippen LogP contribution in [0, 0.1) is 0 Å². The molecule has 1 rings (SSSR count). The first-order valence-electron chi connectivity index (χ1n) is 8.39. The molecule has 0 saturated carbocycles. The maximum absolute atomic E-state index is 12.3. The molecule has 8 N–H and O–H groups in total. The minimum Gasteiger partial charge on any atom is -0.508 e. The van der Waals surface area contributed by atoms with Crippen molar-refractivity contribution in [1.29, 1.82) is 0 Å². The average molecular weight is 365 g/mol. The van der Waals surface area contributed by atoms with Gasteiger partial charge < -0.3 is 32.4 Å². The van der Waals surface area contributed by atoms with Gasteiger partial charge >= 0.3 is 5.97 Å². The third-order valence-electron chi connectivity index (χ3n) is 3.56. The van der Waals surface area contributed by atoms with Crippen molar-refractivity contribution in [3.8, 4) is 5.75 Å². The molecular weight excluding hydrogens is 338 g/mol. The van der Waals surface area contributed by atoms with Crippen LogP contribution < -0.4 is 22.5 Å². The molecule has 9 nitrogen and oxygen atoms in total. The zero-order valence-electron chi connectivity index (χ0n) is 14.9. The number of phenolic OH excluding ortho intramolecular Hbond substituents is 1. The molecule has 0 bridgehead atoms. The number of aromatic hydroxyl groups is 1. The smallest absolute Gasteiger partial charge is 0.328 e. The van der Waals surface area contributed by atoms with E-state index in [1.807, 2.05) is 0 Å². The van der Waals surface area contributed by atoms with Gasteiger partial charge in [-0.2, -0.15) is 0 Å². The van der Waals surface area contributed by atoms with Gasteiger partial charge in [0.2, 0.25) is 5.91 Å². The van der Waals surface area contributed by atoms with Crippen LogP contribution in [0.5, 0.6) is 5.75 Å². The number of aliphatic imine (C=N–C) groups is 1. The molecule has 1 aromatic rings. The van der Waals surface area contributed by atoms with E-state index in [9.17, 15) is 14.7 Å². The molecule has 0 radical (unpaired) electrons. The number of benzene rings is 1. The molecule has 0 spiro atoms. The summed E-state index contributed by atoms with van der Waals surface area (Å²) in [6.07, 6.45) is 1.10. The summed E-state index contributed by atoms with van der Waals surface area (Å²) in [5, 5.41) is 11.9. The Hall–Kier alpha value is -2.81. The molecule has 144 valence electrons. The summed E-state index contributed by atoms with van der Waals surface area (Å²) < 4.78 is 4.99. The number of guanidine groups is 1. The molecule has 0 unspecified atom stereocenters. The summed E-state index contributed by atoms with van der Waals surface area (Å²) in [5.41, 5.74) is 17.2. The van der Waals surface area contributed by atoms with Gasteiger partial charge in [0, 0.05) is 6.54 Å². The van der Waals surface area contributed by atoms with Crippen molar-refractivity contribution in [1.82, 2.24) is 5.32 Å². The number of amides is 1. The summed E-state index contributed by atoms with van der Waals surface area (Å²) in [4.78, 5) is 28.2. The molecule has 0 saturated heterocycles. The van der Waals surface area contributed by atoms with Gasteiger partial charge in [-0.05, 0) is 43.9 Å². The van der Waals surface area contributed by atoms with E-state index in [1.54, 1.807) is 19.1 Å². The van der Waals surface area contributed by atoms with Gasteiger partial charge in [-0.1, -0.05) is 12.1 Å². The molecule has 0 heterocycles. The van der Waals surface area contributed by atoms with Gasteiger partial charge in [0.1, 0.15) is 11.8 Å². The van der Waals surface area contributed by atoms with Crippen LogP contribution in [0.25, 0.3) is 0 Å². The normalized spacial score (nSPS) is 12.7. The van der Waals surface area contributed by atoms with Crippen LogP contribution in [0.1, 0.15) is 25.3 Å². The molecule has 26 heavy (non-hydrogen) atoms. The molecule has 0 aliphatic carbocycles. The van der Waals surface area contributed by atoms with Crippen LogP contribution >= 0.6 is 0 Å². The number of phenols is 1. The summed E-state index contributed by atoms with van der Waals surface area (Å²) in [5.74, 6) is -0.882. The lowest BCUT2D eigenvalue weighted by atomic mass is 10.0. The van der Waals surface area contributed by atoms with E-state index in [0.29, 0.717) is 19.4 Å². The fraction of sp³-hybridized carbons (Fsp3) is 0.471. The van der Waals surface area contributed by atoms with E-state index in [0.717, 1.165) is 5.56 Å². The van der Waals surface area contributed by atoms with E-state index in [2.05, 4.69) is 10.3 Å². The molecule has 0 fully saturated rings. The Morgan fingerprint density at radius 1 is 1.27 bits per heavy atom. The van der Waals surface area contributed by atoms with Gasteiger partial charge in [0.05, 0.1) is 12.6 Å². The second-order valence-corrected chi connectivity index (χ2v) is 5.74. The van der Waals surface area contributed by atoms with Crippen molar-refractivity contribution in [3.05, 3.63) is 29.8 Å². The highest BCUT2D eigenvalue weighted by Gasteiger charge is 2.24. The number of esters is 1. The topological polar surface area (TPSA) is 166 Å². The number of hydrogen-bond acceptors (Lipinski definition) is 6. The number of rotatable bonds is 10. The third-order valence-corrected chi connectivity index (χ3v) is 3.56. The number of carbonyl (C=O) groups excluding carboxylic acids is 2. The second-order valence-electron chi connectivity index (χ2n) is 5.74. The Labute approximate surface area is 152 Å². The Kier molecular flexibility index (Phi) is 8.93. The average Bonchev–Trinajstić information content (AvgIpc) is 2.59. The van der Waals surface area contributed by atoms with Crippen molar-refractivity contribution >= 4 is 17.8 Å². The summed E-state index contributed by atoms with van der Waals surface area (Å²) >= 11 is 0. The summed E-state index contributed by atoms with van der Waals surface area (Å²) in [6.45, 7) is 2.24. The van der Waals surface area contributed by atoms with Crippen LogP contribution in [0.4, 0.5) is 0 Å². The molecule has 1 aromatic carbocycles. The van der Waals surface area contributed by atoms with Crippen molar-refractivity contribution in [2.75, 3.05) is 13.2 Å². The number of nitrogens with zero attached hydrogens (tertiary/aromatic N) is 1. The third kappa shape index (κ3) is 7.84. The van der Waals surface area contributed by atoms with Crippen LogP contribution in [0.2, 0.25) is 0 Å². The predicted octanol–water partition coefficient (Wildman–Crippen LogP) is -0.636. The van der Waals surface area contributed by atoms with Crippen LogP contribution in [0.3, 0.4) is 0 Å². The lowest BCUT2D eigenvalue weighted by Gasteiger charge is -2.19. The second kappa shape index (κ2) is 10.9. The van der Waals surface area contributed by atoms with Gasteiger partial charge in [0.25, 0.3) is 0 Å². The highest BCUT2D eigenvalue weighted by molar-refractivity contribution is 5.87.